The van der Waals surface area contributed by atoms with Gasteiger partial charge in [-0.05, 0) is 56.8 Å². The fraction of sp³-hybridized carbons (Fsp3) is 0.737. The summed E-state index contributed by atoms with van der Waals surface area (Å²) in [6.07, 6.45) is 8.05. The molecule has 1 atom stereocenters. The Labute approximate surface area is 155 Å². The van der Waals surface area contributed by atoms with Crippen LogP contribution < -0.4 is 15.5 Å². The van der Waals surface area contributed by atoms with Crippen molar-refractivity contribution in [1.82, 2.24) is 25.5 Å². The molecular weight excluding hydrogens is 328 g/mol. The summed E-state index contributed by atoms with van der Waals surface area (Å²) in [5.41, 5.74) is 0.338. The first-order valence-corrected chi connectivity index (χ1v) is 10.00. The molecule has 4 rings (SSSR count). The lowest BCUT2D eigenvalue weighted by Crippen LogP contribution is -2.47. The summed E-state index contributed by atoms with van der Waals surface area (Å²) in [6.45, 7) is 7.99. The van der Waals surface area contributed by atoms with E-state index in [1.807, 2.05) is 6.07 Å². The lowest BCUT2D eigenvalue weighted by Gasteiger charge is -2.34. The van der Waals surface area contributed by atoms with Gasteiger partial charge in [0, 0.05) is 51.0 Å². The highest BCUT2D eigenvalue weighted by atomic mass is 16.2. The normalized spacial score (nSPS) is 25.2. The fourth-order valence-electron chi connectivity index (χ4n) is 4.46. The highest BCUT2D eigenvalue weighted by molar-refractivity contribution is 5.82. The highest BCUT2D eigenvalue weighted by Crippen LogP contribution is 2.58. The molecule has 2 saturated heterocycles. The number of piperidine rings is 1. The van der Waals surface area contributed by atoms with Crippen LogP contribution in [0.15, 0.2) is 18.5 Å². The predicted octanol–water partition coefficient (Wildman–Crippen LogP) is 0.495. The van der Waals surface area contributed by atoms with Gasteiger partial charge in [0.25, 0.3) is 0 Å². The van der Waals surface area contributed by atoms with E-state index in [4.69, 9.17) is 0 Å². The van der Waals surface area contributed by atoms with Crippen LogP contribution in [0.4, 0.5) is 5.95 Å². The van der Waals surface area contributed by atoms with Gasteiger partial charge in [-0.2, -0.15) is 0 Å². The Balaban J connectivity index is 1.11. The molecule has 2 aliphatic heterocycles. The predicted molar refractivity (Wildman–Crippen MR) is 101 cm³/mol. The standard InChI is InChI=1S/C19H30N6O/c26-17(16-15-19(16)3-8-20-9-4-19)21-7-2-10-24-11-13-25(14-12-24)18-22-5-1-6-23-18/h1,5-6,16,20H,2-4,7-15H2,(H,21,26). The summed E-state index contributed by atoms with van der Waals surface area (Å²) < 4.78 is 0. The average molecular weight is 358 g/mol. The van der Waals surface area contributed by atoms with Crippen LogP contribution in [0.3, 0.4) is 0 Å². The van der Waals surface area contributed by atoms with Gasteiger partial charge in [-0.3, -0.25) is 9.69 Å². The van der Waals surface area contributed by atoms with E-state index in [-0.39, 0.29) is 11.8 Å². The Morgan fingerprint density at radius 2 is 1.92 bits per heavy atom. The van der Waals surface area contributed by atoms with Crippen LogP contribution in [0.5, 0.6) is 0 Å². The van der Waals surface area contributed by atoms with Crippen molar-refractivity contribution < 1.29 is 4.79 Å². The number of hydrogen-bond donors (Lipinski definition) is 2. The number of hydrogen-bond acceptors (Lipinski definition) is 6. The van der Waals surface area contributed by atoms with Crippen LogP contribution >= 0.6 is 0 Å². The van der Waals surface area contributed by atoms with Crippen molar-refractivity contribution in [2.75, 3.05) is 57.3 Å². The van der Waals surface area contributed by atoms with Crippen LogP contribution in [0.1, 0.15) is 25.7 Å². The third kappa shape index (κ3) is 3.99. The molecule has 3 aliphatic rings. The van der Waals surface area contributed by atoms with Gasteiger partial charge >= 0.3 is 0 Å². The van der Waals surface area contributed by atoms with E-state index in [2.05, 4.69) is 30.4 Å². The molecule has 3 heterocycles. The molecule has 0 radical (unpaired) electrons. The van der Waals surface area contributed by atoms with Crippen molar-refractivity contribution in [3.8, 4) is 0 Å². The summed E-state index contributed by atoms with van der Waals surface area (Å²) in [7, 11) is 0. The van der Waals surface area contributed by atoms with Gasteiger partial charge < -0.3 is 15.5 Å². The van der Waals surface area contributed by atoms with E-state index in [0.717, 1.165) is 71.1 Å². The minimum Gasteiger partial charge on any atom is -0.356 e. The Morgan fingerprint density at radius 1 is 1.19 bits per heavy atom. The smallest absolute Gasteiger partial charge is 0.225 e. The van der Waals surface area contributed by atoms with Crippen molar-refractivity contribution in [2.45, 2.75) is 25.7 Å². The molecule has 7 nitrogen and oxygen atoms in total. The largest absolute Gasteiger partial charge is 0.356 e. The summed E-state index contributed by atoms with van der Waals surface area (Å²) in [6, 6.07) is 1.85. The molecule has 1 unspecified atom stereocenters. The molecule has 3 fully saturated rings. The van der Waals surface area contributed by atoms with Gasteiger partial charge in [-0.15, -0.1) is 0 Å². The van der Waals surface area contributed by atoms with Crippen LogP contribution in [0.2, 0.25) is 0 Å². The molecule has 0 aromatic carbocycles. The van der Waals surface area contributed by atoms with Crippen LogP contribution in [0.25, 0.3) is 0 Å². The summed E-state index contributed by atoms with van der Waals surface area (Å²) >= 11 is 0. The summed E-state index contributed by atoms with van der Waals surface area (Å²) in [5.74, 6) is 1.40. The van der Waals surface area contributed by atoms with Gasteiger partial charge in [0.1, 0.15) is 0 Å². The molecule has 1 spiro atoms. The maximum absolute atomic E-state index is 12.4. The number of rotatable bonds is 6. The van der Waals surface area contributed by atoms with Crippen LogP contribution in [0, 0.1) is 11.3 Å². The number of nitrogens with zero attached hydrogens (tertiary/aromatic N) is 4. The van der Waals surface area contributed by atoms with Gasteiger partial charge in [0.2, 0.25) is 11.9 Å². The topological polar surface area (TPSA) is 73.4 Å². The Kier molecular flexibility index (Phi) is 5.36. The molecule has 1 aliphatic carbocycles. The SMILES string of the molecule is O=C(NCCCN1CCN(c2ncccn2)CC1)C1CC12CCNCC2. The molecular formula is C19H30N6O. The lowest BCUT2D eigenvalue weighted by atomic mass is 9.92. The van der Waals surface area contributed by atoms with Crippen molar-refractivity contribution >= 4 is 11.9 Å². The van der Waals surface area contributed by atoms with E-state index in [9.17, 15) is 4.79 Å². The molecule has 1 aromatic heterocycles. The Hall–Kier alpha value is -1.73. The van der Waals surface area contributed by atoms with Crippen molar-refractivity contribution in [3.05, 3.63) is 18.5 Å². The van der Waals surface area contributed by atoms with Crippen LogP contribution in [-0.2, 0) is 4.79 Å². The summed E-state index contributed by atoms with van der Waals surface area (Å²) in [5, 5.41) is 6.57. The molecule has 1 aromatic rings. The molecule has 0 bridgehead atoms. The van der Waals surface area contributed by atoms with Gasteiger partial charge in [0.15, 0.2) is 0 Å². The maximum atomic E-state index is 12.4. The van der Waals surface area contributed by atoms with Crippen LogP contribution in [-0.4, -0.2) is 73.1 Å². The van der Waals surface area contributed by atoms with Gasteiger partial charge in [-0.1, -0.05) is 0 Å². The highest BCUT2D eigenvalue weighted by Gasteiger charge is 2.57. The number of anilines is 1. The number of aromatic nitrogens is 2. The van der Waals surface area contributed by atoms with E-state index >= 15 is 0 Å². The first-order chi connectivity index (χ1) is 12.8. The van der Waals surface area contributed by atoms with E-state index in [1.54, 1.807) is 12.4 Å². The molecule has 26 heavy (non-hydrogen) atoms. The second-order valence-electron chi connectivity index (χ2n) is 7.89. The lowest BCUT2D eigenvalue weighted by molar-refractivity contribution is -0.123. The quantitative estimate of drug-likeness (QED) is 0.722. The number of amides is 1. The Bertz CT molecular complexity index is 595. The zero-order valence-electron chi connectivity index (χ0n) is 15.5. The van der Waals surface area contributed by atoms with E-state index in [1.165, 1.54) is 12.8 Å². The maximum Gasteiger partial charge on any atom is 0.225 e. The molecule has 1 saturated carbocycles. The monoisotopic (exact) mass is 358 g/mol. The number of carbonyl (C=O) groups excluding carboxylic acids is 1. The molecule has 2 N–H and O–H groups in total. The first kappa shape index (κ1) is 17.7. The second kappa shape index (κ2) is 7.88. The first-order valence-electron chi connectivity index (χ1n) is 10.00. The summed E-state index contributed by atoms with van der Waals surface area (Å²) in [4.78, 5) is 25.7. The molecule has 142 valence electrons. The van der Waals surface area contributed by atoms with E-state index < -0.39 is 0 Å². The van der Waals surface area contributed by atoms with E-state index in [0.29, 0.717) is 5.41 Å². The van der Waals surface area contributed by atoms with Crippen molar-refractivity contribution in [3.63, 3.8) is 0 Å². The van der Waals surface area contributed by atoms with Gasteiger partial charge in [-0.25, -0.2) is 9.97 Å². The third-order valence-corrected chi connectivity index (χ3v) is 6.26. The number of carbonyl (C=O) groups is 1. The van der Waals surface area contributed by atoms with Crippen molar-refractivity contribution in [1.29, 1.82) is 0 Å². The number of piperazine rings is 1. The van der Waals surface area contributed by atoms with Gasteiger partial charge in [0.05, 0.1) is 0 Å². The number of nitrogens with one attached hydrogen (secondary N) is 2. The second-order valence-corrected chi connectivity index (χ2v) is 7.89. The minimum atomic E-state index is 0.277. The zero-order chi connectivity index (χ0) is 17.8. The molecule has 7 heteroatoms. The van der Waals surface area contributed by atoms with Crippen molar-refractivity contribution in [2.24, 2.45) is 11.3 Å². The third-order valence-electron chi connectivity index (χ3n) is 6.26. The minimum absolute atomic E-state index is 0.277. The average Bonchev–Trinajstić information content (AvgIpc) is 3.39. The Morgan fingerprint density at radius 3 is 2.65 bits per heavy atom. The molecule has 1 amide bonds. The zero-order valence-corrected chi connectivity index (χ0v) is 15.5. The fourth-order valence-corrected chi connectivity index (χ4v) is 4.46.